The van der Waals surface area contributed by atoms with E-state index in [1.165, 1.54) is 24.3 Å². The van der Waals surface area contributed by atoms with Gasteiger partial charge in [0.2, 0.25) is 0 Å². The number of benzene rings is 4. The first-order valence-corrected chi connectivity index (χ1v) is 13.3. The molecular formula is C31H24BrFN2O5. The van der Waals surface area contributed by atoms with Gasteiger partial charge in [0.25, 0.3) is 11.8 Å². The molecule has 0 unspecified atom stereocenters. The largest absolute Gasteiger partial charge is 0.490 e. The SMILES string of the molecule is CCOc1cc(/C=C2/C(=O)NC(=O)N(c3ccccc3F)C2=O)cc(Br)c1OCc1c(C)ccc2ccccc12. The Balaban J connectivity index is 1.49. The van der Waals surface area contributed by atoms with Crippen molar-refractivity contribution in [3.63, 3.8) is 0 Å². The van der Waals surface area contributed by atoms with Crippen LogP contribution in [0.3, 0.4) is 0 Å². The summed E-state index contributed by atoms with van der Waals surface area (Å²) >= 11 is 3.54. The Hall–Kier alpha value is -4.50. The van der Waals surface area contributed by atoms with Gasteiger partial charge in [0.1, 0.15) is 18.0 Å². The molecule has 0 aromatic heterocycles. The summed E-state index contributed by atoms with van der Waals surface area (Å²) in [6.07, 6.45) is 1.32. The van der Waals surface area contributed by atoms with E-state index in [0.29, 0.717) is 33.0 Å². The Bertz CT molecular complexity index is 1700. The van der Waals surface area contributed by atoms with Crippen LogP contribution in [0.15, 0.2) is 82.8 Å². The van der Waals surface area contributed by atoms with Crippen molar-refractivity contribution >= 4 is 56.3 Å². The Morgan fingerprint density at radius 2 is 1.73 bits per heavy atom. The molecule has 0 atom stereocenters. The van der Waals surface area contributed by atoms with Gasteiger partial charge in [0.15, 0.2) is 11.5 Å². The molecule has 1 aliphatic rings. The molecule has 1 fully saturated rings. The lowest BCUT2D eigenvalue weighted by Crippen LogP contribution is -2.54. The van der Waals surface area contributed by atoms with Crippen molar-refractivity contribution in [2.24, 2.45) is 0 Å². The first-order valence-electron chi connectivity index (χ1n) is 12.5. The number of amides is 4. The highest BCUT2D eigenvalue weighted by Crippen LogP contribution is 2.39. The summed E-state index contributed by atoms with van der Waals surface area (Å²) in [5, 5.41) is 4.30. The first-order chi connectivity index (χ1) is 19.3. The molecule has 5 rings (SSSR count). The normalized spacial score (nSPS) is 14.6. The number of anilines is 1. The zero-order valence-electron chi connectivity index (χ0n) is 21.7. The number of carbonyl (C=O) groups is 3. The summed E-state index contributed by atoms with van der Waals surface area (Å²) in [5.41, 5.74) is 1.97. The molecule has 40 heavy (non-hydrogen) atoms. The average Bonchev–Trinajstić information content (AvgIpc) is 2.92. The molecule has 1 aliphatic heterocycles. The Morgan fingerprint density at radius 1 is 0.975 bits per heavy atom. The summed E-state index contributed by atoms with van der Waals surface area (Å²) in [6.45, 7) is 4.48. The lowest BCUT2D eigenvalue weighted by molar-refractivity contribution is -0.122. The Kier molecular flexibility index (Phi) is 7.66. The molecule has 7 nitrogen and oxygen atoms in total. The topological polar surface area (TPSA) is 84.9 Å². The van der Waals surface area contributed by atoms with Gasteiger partial charge in [-0.3, -0.25) is 14.9 Å². The quantitative estimate of drug-likeness (QED) is 0.188. The van der Waals surface area contributed by atoms with Crippen molar-refractivity contribution in [1.82, 2.24) is 5.32 Å². The number of rotatable bonds is 7. The highest BCUT2D eigenvalue weighted by molar-refractivity contribution is 9.10. The van der Waals surface area contributed by atoms with Gasteiger partial charge in [0.05, 0.1) is 16.8 Å². The van der Waals surface area contributed by atoms with Crippen molar-refractivity contribution in [3.05, 3.63) is 105 Å². The van der Waals surface area contributed by atoms with Crippen LogP contribution in [0.25, 0.3) is 16.8 Å². The van der Waals surface area contributed by atoms with Crippen LogP contribution in [0, 0.1) is 12.7 Å². The molecule has 1 heterocycles. The van der Waals surface area contributed by atoms with E-state index in [1.807, 2.05) is 32.0 Å². The van der Waals surface area contributed by atoms with Gasteiger partial charge >= 0.3 is 6.03 Å². The summed E-state index contributed by atoms with van der Waals surface area (Å²) in [6, 6.07) is 19.8. The van der Waals surface area contributed by atoms with Gasteiger partial charge in [-0.25, -0.2) is 14.1 Å². The first kappa shape index (κ1) is 27.1. The second-order valence-corrected chi connectivity index (χ2v) is 9.90. The zero-order valence-corrected chi connectivity index (χ0v) is 23.3. The van der Waals surface area contributed by atoms with Crippen LogP contribution in [0.5, 0.6) is 11.5 Å². The second kappa shape index (κ2) is 11.3. The highest BCUT2D eigenvalue weighted by atomic mass is 79.9. The maximum absolute atomic E-state index is 14.4. The van der Waals surface area contributed by atoms with E-state index in [9.17, 15) is 18.8 Å². The number of barbiturate groups is 1. The highest BCUT2D eigenvalue weighted by Gasteiger charge is 2.38. The van der Waals surface area contributed by atoms with E-state index in [0.717, 1.165) is 28.0 Å². The van der Waals surface area contributed by atoms with Gasteiger partial charge in [-0.1, -0.05) is 48.5 Å². The van der Waals surface area contributed by atoms with Crippen LogP contribution in [-0.2, 0) is 16.2 Å². The molecule has 0 aliphatic carbocycles. The molecular weight excluding hydrogens is 579 g/mol. The molecule has 0 radical (unpaired) electrons. The van der Waals surface area contributed by atoms with Gasteiger partial charge < -0.3 is 9.47 Å². The number of nitrogens with one attached hydrogen (secondary N) is 1. The van der Waals surface area contributed by atoms with E-state index in [-0.39, 0.29) is 17.9 Å². The third-order valence-electron chi connectivity index (χ3n) is 6.47. The van der Waals surface area contributed by atoms with E-state index >= 15 is 0 Å². The number of ether oxygens (including phenoxy) is 2. The van der Waals surface area contributed by atoms with Gasteiger partial charge in [-0.15, -0.1) is 0 Å². The molecule has 9 heteroatoms. The molecule has 0 spiro atoms. The van der Waals surface area contributed by atoms with Crippen LogP contribution in [0.2, 0.25) is 0 Å². The van der Waals surface area contributed by atoms with Gasteiger partial charge in [0, 0.05) is 5.56 Å². The number of para-hydroxylation sites is 1. The Morgan fingerprint density at radius 3 is 2.50 bits per heavy atom. The molecule has 1 N–H and O–H groups in total. The number of hydrogen-bond donors (Lipinski definition) is 1. The van der Waals surface area contributed by atoms with Crippen LogP contribution in [-0.4, -0.2) is 24.5 Å². The lowest BCUT2D eigenvalue weighted by atomic mass is 10.0. The maximum atomic E-state index is 14.4. The van der Waals surface area contributed by atoms with Gasteiger partial charge in [-0.05, 0) is 82.0 Å². The number of hydrogen-bond acceptors (Lipinski definition) is 5. The lowest BCUT2D eigenvalue weighted by Gasteiger charge is -2.26. The summed E-state index contributed by atoms with van der Waals surface area (Å²) in [5.74, 6) is -1.75. The average molecular weight is 603 g/mol. The molecule has 202 valence electrons. The number of fused-ring (bicyclic) bond motifs is 1. The van der Waals surface area contributed by atoms with E-state index in [1.54, 1.807) is 12.1 Å². The van der Waals surface area contributed by atoms with E-state index < -0.39 is 23.7 Å². The van der Waals surface area contributed by atoms with Crippen molar-refractivity contribution < 1.29 is 28.2 Å². The third-order valence-corrected chi connectivity index (χ3v) is 7.06. The monoisotopic (exact) mass is 602 g/mol. The van der Waals surface area contributed by atoms with E-state index in [4.69, 9.17) is 9.47 Å². The summed E-state index contributed by atoms with van der Waals surface area (Å²) in [7, 11) is 0. The van der Waals surface area contributed by atoms with Crippen molar-refractivity contribution in [3.8, 4) is 11.5 Å². The second-order valence-electron chi connectivity index (χ2n) is 9.04. The van der Waals surface area contributed by atoms with Crippen LogP contribution < -0.4 is 19.7 Å². The number of carbonyl (C=O) groups excluding carboxylic acids is 3. The molecule has 4 aromatic rings. The minimum atomic E-state index is -1.03. The molecule has 4 amide bonds. The summed E-state index contributed by atoms with van der Waals surface area (Å²) < 4.78 is 27.0. The fraction of sp³-hybridized carbons (Fsp3) is 0.129. The van der Waals surface area contributed by atoms with Gasteiger partial charge in [-0.2, -0.15) is 0 Å². The number of urea groups is 1. The number of imide groups is 2. The Labute approximate surface area is 238 Å². The fourth-order valence-electron chi connectivity index (χ4n) is 4.53. The standard InChI is InChI=1S/C31H24BrFN2O5/c1-3-39-27-16-19(14-22-29(36)34-31(38)35(30(22)37)26-11-7-6-10-25(26)33)15-24(32)28(27)40-17-23-18(2)12-13-20-8-4-5-9-21(20)23/h4-16H,3,17H2,1-2H3,(H,34,36,38)/b22-14-. The number of halogens is 2. The van der Waals surface area contributed by atoms with Crippen molar-refractivity contribution in [1.29, 1.82) is 0 Å². The molecule has 0 saturated carbocycles. The van der Waals surface area contributed by atoms with Crippen LogP contribution >= 0.6 is 15.9 Å². The van der Waals surface area contributed by atoms with Crippen molar-refractivity contribution in [2.75, 3.05) is 11.5 Å². The predicted molar refractivity (Wildman–Crippen MR) is 154 cm³/mol. The van der Waals surface area contributed by atoms with Crippen molar-refractivity contribution in [2.45, 2.75) is 20.5 Å². The number of nitrogens with zero attached hydrogens (tertiary/aromatic N) is 1. The predicted octanol–water partition coefficient (Wildman–Crippen LogP) is 6.69. The smallest absolute Gasteiger partial charge is 0.336 e. The van der Waals surface area contributed by atoms with Crippen LogP contribution in [0.1, 0.15) is 23.6 Å². The minimum absolute atomic E-state index is 0.257. The molecule has 1 saturated heterocycles. The zero-order chi connectivity index (χ0) is 28.4. The third kappa shape index (κ3) is 5.20. The fourth-order valence-corrected chi connectivity index (χ4v) is 5.11. The minimum Gasteiger partial charge on any atom is -0.490 e. The summed E-state index contributed by atoms with van der Waals surface area (Å²) in [4.78, 5) is 38.9. The van der Waals surface area contributed by atoms with Crippen LogP contribution in [0.4, 0.5) is 14.9 Å². The molecule has 4 aromatic carbocycles. The number of aryl methyl sites for hydroxylation is 1. The van der Waals surface area contributed by atoms with E-state index in [2.05, 4.69) is 39.4 Å². The maximum Gasteiger partial charge on any atom is 0.336 e. The molecule has 0 bridgehead atoms.